The Morgan fingerprint density at radius 3 is 2.10 bits per heavy atom. The lowest BCUT2D eigenvalue weighted by Crippen LogP contribution is -2.54. The highest BCUT2D eigenvalue weighted by Crippen LogP contribution is 2.51. The lowest BCUT2D eigenvalue weighted by Gasteiger charge is -2.44. The molecule has 0 radical (unpaired) electrons. The highest BCUT2D eigenvalue weighted by molar-refractivity contribution is 8.01. The van der Waals surface area contributed by atoms with E-state index in [0.717, 1.165) is 12.8 Å². The second kappa shape index (κ2) is 11.1. The summed E-state index contributed by atoms with van der Waals surface area (Å²) in [5, 5.41) is 12.7. The zero-order valence-electron chi connectivity index (χ0n) is 25.5. The Morgan fingerprint density at radius 1 is 1.02 bits per heavy atom. The van der Waals surface area contributed by atoms with Gasteiger partial charge < -0.3 is 19.3 Å². The Hall–Kier alpha value is -1.19. The van der Waals surface area contributed by atoms with Gasteiger partial charge in [-0.05, 0) is 60.7 Å². The molecule has 1 aliphatic carbocycles. The fourth-order valence-corrected chi connectivity index (χ4v) is 9.19. The van der Waals surface area contributed by atoms with E-state index >= 15 is 0 Å². The molecule has 0 bridgehead atoms. The number of halogens is 1. The third kappa shape index (κ3) is 6.27. The molecule has 1 saturated carbocycles. The predicted octanol–water partition coefficient (Wildman–Crippen LogP) is 7.31. The van der Waals surface area contributed by atoms with Gasteiger partial charge in [0.25, 0.3) is 0 Å². The minimum absolute atomic E-state index is 0.0775. The molecule has 2 N–H and O–H groups in total. The summed E-state index contributed by atoms with van der Waals surface area (Å²) in [6.07, 6.45) is 5.11. The zero-order chi connectivity index (χ0) is 29.8. The summed E-state index contributed by atoms with van der Waals surface area (Å²) in [7, 11) is -4.69. The summed E-state index contributed by atoms with van der Waals surface area (Å²) in [5.74, 6) is -0.282. The number of rotatable bonds is 8. The van der Waals surface area contributed by atoms with E-state index < -0.39 is 45.4 Å². The molecule has 224 valence electrons. The van der Waals surface area contributed by atoms with Gasteiger partial charge in [0, 0.05) is 6.04 Å². The van der Waals surface area contributed by atoms with Crippen LogP contribution in [0.1, 0.15) is 72.6 Å². The molecule has 13 heteroatoms. The van der Waals surface area contributed by atoms with Gasteiger partial charge in [-0.25, -0.2) is 4.98 Å². The van der Waals surface area contributed by atoms with Gasteiger partial charge in [-0.1, -0.05) is 54.4 Å². The lowest BCUT2D eigenvalue weighted by molar-refractivity contribution is -0.139. The number of aromatic nitrogens is 4. The average Bonchev–Trinajstić information content (AvgIpc) is 3.52. The molecule has 0 aromatic carbocycles. The Balaban J connectivity index is 1.82. The fraction of sp³-hybridized carbons (Fsp3) is 0.778. The minimum Gasteiger partial charge on any atom is -0.480 e. The molecule has 1 aliphatic heterocycles. The standard InChI is InChI=1S/C27H46ClN5O4SSi2/c1-26(2,3)39(7,8)36-18-19(37-40(9,10)27(4,5)6)23(38-20(18)24(34)35)33-15-29-17-21(30-16-13-11-12-14-16)31-25(28)32-22(17)33/h15-16,18-20,23H,11-14H2,1-10H3,(H,34,35)(H,30,31,32)/t18-,19+,20-,23+/m0/s1. The van der Waals surface area contributed by atoms with Crippen LogP contribution in [-0.4, -0.2) is 70.7 Å². The third-order valence-corrected chi connectivity index (χ3v) is 19.9. The maximum atomic E-state index is 12.7. The number of hydrogen-bond acceptors (Lipinski definition) is 8. The topological polar surface area (TPSA) is 111 Å². The molecular formula is C27H46ClN5O4SSi2. The first-order valence-electron chi connectivity index (χ1n) is 14.2. The monoisotopic (exact) mass is 627 g/mol. The Labute approximate surface area is 249 Å². The van der Waals surface area contributed by atoms with Crippen LogP contribution in [0, 0.1) is 0 Å². The van der Waals surface area contributed by atoms with Crippen LogP contribution in [0.2, 0.25) is 41.5 Å². The minimum atomic E-state index is -2.35. The molecule has 2 aliphatic rings. The van der Waals surface area contributed by atoms with Crippen molar-refractivity contribution in [3.63, 3.8) is 0 Å². The molecule has 3 heterocycles. The van der Waals surface area contributed by atoms with Gasteiger partial charge in [0.15, 0.2) is 33.6 Å². The highest BCUT2D eigenvalue weighted by atomic mass is 35.5. The van der Waals surface area contributed by atoms with Crippen molar-refractivity contribution < 1.29 is 18.8 Å². The van der Waals surface area contributed by atoms with Crippen LogP contribution in [-0.2, 0) is 13.6 Å². The molecule has 1 saturated heterocycles. The van der Waals surface area contributed by atoms with Gasteiger partial charge in [0.05, 0.1) is 12.4 Å². The van der Waals surface area contributed by atoms with Crippen molar-refractivity contribution in [3.05, 3.63) is 11.6 Å². The molecular weight excluding hydrogens is 582 g/mol. The maximum Gasteiger partial charge on any atom is 0.319 e. The Kier molecular flexibility index (Phi) is 8.84. The average molecular weight is 628 g/mol. The molecule has 2 fully saturated rings. The normalized spacial score (nSPS) is 25.2. The van der Waals surface area contributed by atoms with Crippen molar-refractivity contribution in [2.24, 2.45) is 0 Å². The van der Waals surface area contributed by atoms with Crippen LogP contribution < -0.4 is 5.32 Å². The summed E-state index contributed by atoms with van der Waals surface area (Å²) in [6.45, 7) is 21.8. The van der Waals surface area contributed by atoms with E-state index in [9.17, 15) is 9.90 Å². The zero-order valence-corrected chi connectivity index (χ0v) is 29.1. The Bertz CT molecular complexity index is 1240. The lowest BCUT2D eigenvalue weighted by atomic mass is 10.1. The van der Waals surface area contributed by atoms with Crippen molar-refractivity contribution in [3.8, 4) is 0 Å². The molecule has 40 heavy (non-hydrogen) atoms. The molecule has 9 nitrogen and oxygen atoms in total. The van der Waals surface area contributed by atoms with E-state index in [0.29, 0.717) is 23.0 Å². The first-order valence-corrected chi connectivity index (χ1v) is 21.4. The van der Waals surface area contributed by atoms with Crippen LogP contribution in [0.3, 0.4) is 0 Å². The van der Waals surface area contributed by atoms with Crippen LogP contribution in [0.15, 0.2) is 6.33 Å². The van der Waals surface area contributed by atoms with Crippen LogP contribution in [0.5, 0.6) is 0 Å². The van der Waals surface area contributed by atoms with Gasteiger partial charge in [-0.2, -0.15) is 9.97 Å². The van der Waals surface area contributed by atoms with Crippen molar-refractivity contribution in [2.75, 3.05) is 5.32 Å². The summed E-state index contributed by atoms with van der Waals surface area (Å²) in [4.78, 5) is 26.5. The van der Waals surface area contributed by atoms with E-state index in [4.69, 9.17) is 25.4 Å². The first kappa shape index (κ1) is 31.7. The number of carboxylic acids is 1. The summed E-state index contributed by atoms with van der Waals surface area (Å²) in [5.41, 5.74) is 1.20. The van der Waals surface area contributed by atoms with E-state index in [-0.39, 0.29) is 15.4 Å². The molecule has 0 spiro atoms. The number of thioether (sulfide) groups is 1. The first-order chi connectivity index (χ1) is 18.3. The SMILES string of the molecule is CC(C)(C)[Si](C)(C)O[C@@H]1[C@H](O[Si](C)(C)C(C)(C)C)[C@@H](C(=O)O)S[C@H]1n1cnc2c(NC3CCCC3)nc(Cl)nc21. The number of nitrogens with zero attached hydrogens (tertiary/aromatic N) is 4. The quantitative estimate of drug-likeness (QED) is 0.230. The number of carbonyl (C=O) groups is 1. The van der Waals surface area contributed by atoms with Crippen molar-refractivity contribution in [1.29, 1.82) is 0 Å². The number of hydrogen-bond donors (Lipinski definition) is 2. The van der Waals surface area contributed by atoms with E-state index in [2.05, 4.69) is 83.0 Å². The molecule has 4 atom stereocenters. The van der Waals surface area contributed by atoms with E-state index in [1.54, 1.807) is 6.33 Å². The van der Waals surface area contributed by atoms with Crippen LogP contribution in [0.4, 0.5) is 5.82 Å². The second-order valence-electron chi connectivity index (χ2n) is 14.3. The van der Waals surface area contributed by atoms with E-state index in [1.807, 2.05) is 4.57 Å². The molecule has 2 aromatic heterocycles. The summed E-state index contributed by atoms with van der Waals surface area (Å²) in [6, 6.07) is 0.327. The molecule has 0 amide bonds. The van der Waals surface area contributed by atoms with Crippen molar-refractivity contribution in [1.82, 2.24) is 19.5 Å². The van der Waals surface area contributed by atoms with Gasteiger partial charge in [-0.15, -0.1) is 11.8 Å². The number of imidazole rings is 1. The predicted molar refractivity (Wildman–Crippen MR) is 168 cm³/mol. The van der Waals surface area contributed by atoms with Crippen LogP contribution in [0.25, 0.3) is 11.2 Å². The molecule has 4 rings (SSSR count). The van der Waals surface area contributed by atoms with Gasteiger partial charge >= 0.3 is 5.97 Å². The van der Waals surface area contributed by atoms with Crippen molar-refractivity contribution in [2.45, 2.75) is 132 Å². The summed E-state index contributed by atoms with van der Waals surface area (Å²) < 4.78 is 15.9. The number of anilines is 1. The smallest absolute Gasteiger partial charge is 0.319 e. The number of nitrogens with one attached hydrogen (secondary N) is 1. The second-order valence-corrected chi connectivity index (χ2v) is 25.4. The third-order valence-electron chi connectivity index (χ3n) is 9.27. The Morgan fingerprint density at radius 2 is 1.57 bits per heavy atom. The molecule has 0 unspecified atom stereocenters. The van der Waals surface area contributed by atoms with Gasteiger partial charge in [0.2, 0.25) is 5.28 Å². The fourth-order valence-electron chi connectivity index (χ4n) is 4.79. The highest BCUT2D eigenvalue weighted by Gasteiger charge is 2.56. The molecule has 2 aromatic rings. The van der Waals surface area contributed by atoms with E-state index in [1.165, 1.54) is 24.6 Å². The number of fused-ring (bicyclic) bond motifs is 1. The number of aliphatic carboxylic acids is 1. The van der Waals surface area contributed by atoms with Gasteiger partial charge in [-0.3, -0.25) is 9.36 Å². The maximum absolute atomic E-state index is 12.7. The summed E-state index contributed by atoms with van der Waals surface area (Å²) >= 11 is 7.79. The van der Waals surface area contributed by atoms with Gasteiger partial charge in [0.1, 0.15) is 16.7 Å². The van der Waals surface area contributed by atoms with Crippen LogP contribution >= 0.6 is 23.4 Å². The number of carboxylic acid groups (broad SMARTS) is 1. The van der Waals surface area contributed by atoms with Crippen molar-refractivity contribution >= 4 is 62.9 Å². The largest absolute Gasteiger partial charge is 0.480 e.